The van der Waals surface area contributed by atoms with Crippen molar-refractivity contribution in [2.24, 2.45) is 0 Å². The predicted octanol–water partition coefficient (Wildman–Crippen LogP) is 3.77. The van der Waals surface area contributed by atoms with Gasteiger partial charge in [0.25, 0.3) is 0 Å². The number of hydrogen-bond acceptors (Lipinski definition) is 4. The van der Waals surface area contributed by atoms with Gasteiger partial charge in [-0.15, -0.1) is 0 Å². The van der Waals surface area contributed by atoms with Crippen molar-refractivity contribution in [1.29, 1.82) is 0 Å². The first-order valence-corrected chi connectivity index (χ1v) is 10.5. The van der Waals surface area contributed by atoms with Crippen molar-refractivity contribution < 1.29 is 9.90 Å². The van der Waals surface area contributed by atoms with Gasteiger partial charge in [-0.25, -0.2) is 0 Å². The zero-order valence-corrected chi connectivity index (χ0v) is 17.7. The second-order valence-corrected chi connectivity index (χ2v) is 7.21. The summed E-state index contributed by atoms with van der Waals surface area (Å²) >= 11 is 0. The minimum atomic E-state index is -0.0490. The second-order valence-electron chi connectivity index (χ2n) is 7.21. The van der Waals surface area contributed by atoms with Crippen LogP contribution in [0.3, 0.4) is 0 Å². The number of carbonyl (C=O) groups is 1. The fourth-order valence-corrected chi connectivity index (χ4v) is 3.52. The van der Waals surface area contributed by atoms with Crippen molar-refractivity contribution in [1.82, 2.24) is 20.0 Å². The van der Waals surface area contributed by atoms with Gasteiger partial charge < -0.3 is 15.3 Å². The Morgan fingerprint density at radius 1 is 1.03 bits per heavy atom. The van der Waals surface area contributed by atoms with Crippen molar-refractivity contribution in [3.63, 3.8) is 0 Å². The SMILES string of the molecule is CCN(CC)CCCNC(=O)Cn1ncc(-c2ccc(O)cc2)c1-c1ccccc1. The van der Waals surface area contributed by atoms with Gasteiger partial charge in [-0.2, -0.15) is 5.10 Å². The Kier molecular flexibility index (Phi) is 7.63. The lowest BCUT2D eigenvalue weighted by Gasteiger charge is -2.17. The number of aromatic hydroxyl groups is 1. The van der Waals surface area contributed by atoms with E-state index in [4.69, 9.17) is 0 Å². The Morgan fingerprint density at radius 3 is 2.40 bits per heavy atom. The molecule has 0 bridgehead atoms. The summed E-state index contributed by atoms with van der Waals surface area (Å²) < 4.78 is 1.75. The van der Waals surface area contributed by atoms with Gasteiger partial charge in [0.2, 0.25) is 5.91 Å². The van der Waals surface area contributed by atoms with Crippen LogP contribution in [0.1, 0.15) is 20.3 Å². The molecule has 0 spiro atoms. The minimum absolute atomic E-state index is 0.0490. The highest BCUT2D eigenvalue weighted by atomic mass is 16.3. The Hall–Kier alpha value is -3.12. The maximum atomic E-state index is 12.6. The van der Waals surface area contributed by atoms with Gasteiger partial charge in [-0.3, -0.25) is 9.48 Å². The zero-order valence-electron chi connectivity index (χ0n) is 17.7. The van der Waals surface area contributed by atoms with Crippen LogP contribution in [0.25, 0.3) is 22.4 Å². The number of phenolic OH excluding ortho intramolecular Hbond substituents is 1. The number of phenols is 1. The fourth-order valence-electron chi connectivity index (χ4n) is 3.52. The van der Waals surface area contributed by atoms with E-state index in [1.54, 1.807) is 23.0 Å². The number of carbonyl (C=O) groups excluding carboxylic acids is 1. The molecule has 0 unspecified atom stereocenters. The van der Waals surface area contributed by atoms with E-state index in [1.165, 1.54) is 0 Å². The van der Waals surface area contributed by atoms with Gasteiger partial charge >= 0.3 is 0 Å². The number of amides is 1. The van der Waals surface area contributed by atoms with E-state index in [0.29, 0.717) is 6.54 Å². The van der Waals surface area contributed by atoms with E-state index in [-0.39, 0.29) is 18.2 Å². The monoisotopic (exact) mass is 406 g/mol. The molecule has 0 saturated carbocycles. The average molecular weight is 407 g/mol. The largest absolute Gasteiger partial charge is 0.508 e. The normalized spacial score (nSPS) is 11.0. The van der Waals surface area contributed by atoms with Crippen molar-refractivity contribution in [3.8, 4) is 28.1 Å². The van der Waals surface area contributed by atoms with Gasteiger partial charge in [0.15, 0.2) is 0 Å². The summed E-state index contributed by atoms with van der Waals surface area (Å²) in [5.74, 6) is 0.170. The third-order valence-electron chi connectivity index (χ3n) is 5.23. The summed E-state index contributed by atoms with van der Waals surface area (Å²) in [5, 5.41) is 17.1. The quantitative estimate of drug-likeness (QED) is 0.503. The first kappa shape index (κ1) is 21.6. The molecule has 6 heteroatoms. The molecule has 30 heavy (non-hydrogen) atoms. The smallest absolute Gasteiger partial charge is 0.241 e. The third kappa shape index (κ3) is 5.48. The molecule has 0 aliphatic heterocycles. The van der Waals surface area contributed by atoms with Crippen molar-refractivity contribution in [3.05, 3.63) is 60.8 Å². The van der Waals surface area contributed by atoms with Crippen LogP contribution in [0.5, 0.6) is 5.75 Å². The summed E-state index contributed by atoms with van der Waals surface area (Å²) in [6.45, 7) is 8.15. The van der Waals surface area contributed by atoms with Crippen molar-refractivity contribution >= 4 is 5.91 Å². The van der Waals surface area contributed by atoms with Crippen LogP contribution < -0.4 is 5.32 Å². The highest BCUT2D eigenvalue weighted by Gasteiger charge is 2.16. The zero-order chi connectivity index (χ0) is 21.3. The van der Waals surface area contributed by atoms with Crippen LogP contribution in [-0.2, 0) is 11.3 Å². The molecule has 1 aromatic heterocycles. The number of rotatable bonds is 10. The second kappa shape index (κ2) is 10.6. The third-order valence-corrected chi connectivity index (χ3v) is 5.23. The number of aromatic nitrogens is 2. The molecule has 0 fully saturated rings. The number of nitrogens with one attached hydrogen (secondary N) is 1. The molecule has 0 atom stereocenters. The molecule has 1 heterocycles. The summed E-state index contributed by atoms with van der Waals surface area (Å²) in [7, 11) is 0. The van der Waals surface area contributed by atoms with Gasteiger partial charge in [-0.05, 0) is 43.8 Å². The van der Waals surface area contributed by atoms with E-state index >= 15 is 0 Å². The first-order chi connectivity index (χ1) is 14.6. The summed E-state index contributed by atoms with van der Waals surface area (Å²) in [5.41, 5.74) is 3.75. The highest BCUT2D eigenvalue weighted by Crippen LogP contribution is 2.32. The molecule has 0 radical (unpaired) electrons. The Bertz CT molecular complexity index is 932. The molecule has 0 saturated heterocycles. The summed E-state index contributed by atoms with van der Waals surface area (Å²) in [6.07, 6.45) is 2.71. The van der Waals surface area contributed by atoms with E-state index in [1.807, 2.05) is 42.5 Å². The van der Waals surface area contributed by atoms with Crippen LogP contribution in [-0.4, -0.2) is 51.9 Å². The molecule has 2 aromatic carbocycles. The number of benzene rings is 2. The van der Waals surface area contributed by atoms with Crippen LogP contribution in [0.15, 0.2) is 60.8 Å². The molecule has 3 aromatic rings. The topological polar surface area (TPSA) is 70.4 Å². The lowest BCUT2D eigenvalue weighted by molar-refractivity contribution is -0.121. The van der Waals surface area contributed by atoms with E-state index in [0.717, 1.165) is 48.4 Å². The molecule has 158 valence electrons. The Morgan fingerprint density at radius 2 is 1.73 bits per heavy atom. The first-order valence-electron chi connectivity index (χ1n) is 10.5. The summed E-state index contributed by atoms with van der Waals surface area (Å²) in [6, 6.07) is 17.0. The molecule has 6 nitrogen and oxygen atoms in total. The predicted molar refractivity (Wildman–Crippen MR) is 120 cm³/mol. The molecular formula is C24H30N4O2. The molecule has 1 amide bonds. The lowest BCUT2D eigenvalue weighted by atomic mass is 10.0. The molecule has 3 rings (SSSR count). The average Bonchev–Trinajstić information content (AvgIpc) is 3.18. The molecule has 0 aliphatic carbocycles. The van der Waals surface area contributed by atoms with Crippen LogP contribution in [0, 0.1) is 0 Å². The van der Waals surface area contributed by atoms with E-state index in [2.05, 4.69) is 29.2 Å². The van der Waals surface area contributed by atoms with E-state index < -0.39 is 0 Å². The van der Waals surface area contributed by atoms with Crippen LogP contribution in [0.4, 0.5) is 0 Å². The van der Waals surface area contributed by atoms with Crippen molar-refractivity contribution in [2.75, 3.05) is 26.2 Å². The Balaban J connectivity index is 1.75. The van der Waals surface area contributed by atoms with E-state index in [9.17, 15) is 9.90 Å². The van der Waals surface area contributed by atoms with Gasteiger partial charge in [-0.1, -0.05) is 56.3 Å². The number of hydrogen-bond donors (Lipinski definition) is 2. The molecular weight excluding hydrogens is 376 g/mol. The molecule has 2 N–H and O–H groups in total. The maximum Gasteiger partial charge on any atom is 0.241 e. The standard InChI is InChI=1S/C24H30N4O2/c1-3-27(4-2)16-8-15-25-23(30)18-28-24(20-9-6-5-7-10-20)22(17-26-28)19-11-13-21(29)14-12-19/h5-7,9-14,17,29H,3-4,8,15-16,18H2,1-2H3,(H,25,30). The van der Waals surface area contributed by atoms with Gasteiger partial charge in [0.1, 0.15) is 12.3 Å². The highest BCUT2D eigenvalue weighted by molar-refractivity contribution is 5.83. The lowest BCUT2D eigenvalue weighted by Crippen LogP contribution is -2.32. The van der Waals surface area contributed by atoms with Crippen LogP contribution in [0.2, 0.25) is 0 Å². The molecule has 0 aliphatic rings. The summed E-state index contributed by atoms with van der Waals surface area (Å²) in [4.78, 5) is 14.9. The fraction of sp³-hybridized carbons (Fsp3) is 0.333. The number of nitrogens with zero attached hydrogens (tertiary/aromatic N) is 3. The van der Waals surface area contributed by atoms with Gasteiger partial charge in [0.05, 0.1) is 11.9 Å². The van der Waals surface area contributed by atoms with Crippen molar-refractivity contribution in [2.45, 2.75) is 26.8 Å². The Labute approximate surface area is 178 Å². The minimum Gasteiger partial charge on any atom is -0.508 e. The van der Waals surface area contributed by atoms with Crippen LogP contribution >= 0.6 is 0 Å². The maximum absolute atomic E-state index is 12.6. The van der Waals surface area contributed by atoms with Gasteiger partial charge in [0, 0.05) is 17.7 Å².